The number of ether oxygens (including phenoxy) is 5. The maximum Gasteiger partial charge on any atom is 0.311 e. The minimum Gasteiger partial charge on any atom is -0.459 e. The van der Waals surface area contributed by atoms with Gasteiger partial charge in [0.1, 0.15) is 17.5 Å². The van der Waals surface area contributed by atoms with Crippen LogP contribution >= 0.6 is 0 Å². The zero-order valence-electron chi connectivity index (χ0n) is 28.6. The number of methoxy groups -OCH3 is 1. The average Bonchev–Trinajstić information content (AvgIpc) is 2.95. The fourth-order valence-electron chi connectivity index (χ4n) is 6.89. The number of Topliss-reactive ketones (excluding diaryl/α,β-unsaturated/α-hetero) is 1. The maximum atomic E-state index is 13.7. The lowest BCUT2D eigenvalue weighted by molar-refractivity contribution is -0.303. The van der Waals surface area contributed by atoms with Crippen molar-refractivity contribution in [3.8, 4) is 0 Å². The Morgan fingerprint density at radius 1 is 1.07 bits per heavy atom. The van der Waals surface area contributed by atoms with Gasteiger partial charge in [0.15, 0.2) is 12.4 Å². The van der Waals surface area contributed by atoms with E-state index in [1.807, 2.05) is 25.9 Å². The van der Waals surface area contributed by atoms with Gasteiger partial charge in [0, 0.05) is 31.8 Å². The standard InChI is InChI=1S/C32H57NO11/c1-13-23-32(9,39)27(37)18(4)24(35)16(2)15-31(8,40-12)28(19(5)25(36)20(6)29(38)43-23)44-30-26(42-21(7)34)22(33(10)11)14-17(3)41-30/h16-20,22-23,25-28,30,36-37,39H,13-15H2,1-12H3/t16-,17-,18+,19+,20-,22+,23-,25+,26-,27-,28-,30+,31-,32-/m1/s1. The van der Waals surface area contributed by atoms with Crippen molar-refractivity contribution in [3.05, 3.63) is 0 Å². The number of cyclic esters (lactones) is 1. The first kappa shape index (κ1) is 38.5. The Bertz CT molecular complexity index is 989. The predicted octanol–water partition coefficient (Wildman–Crippen LogP) is 2.09. The van der Waals surface area contributed by atoms with Crippen molar-refractivity contribution in [1.82, 2.24) is 4.90 Å². The molecule has 0 aromatic rings. The SMILES string of the molecule is CC[C@H]1OC(=O)[C@H](C)[C@@H](O)[C@H](C)[C@@H](O[C@@H]2O[C@H](C)C[C@H](N(C)C)[C@H]2OC(C)=O)[C@](C)(OC)C[C@@H](C)C(=O)[C@H](C)[C@@H](O)[C@]1(C)O. The van der Waals surface area contributed by atoms with Crippen LogP contribution in [0.25, 0.3) is 0 Å². The van der Waals surface area contributed by atoms with Gasteiger partial charge in [0.05, 0.1) is 42.0 Å². The van der Waals surface area contributed by atoms with Crippen LogP contribution < -0.4 is 0 Å². The summed E-state index contributed by atoms with van der Waals surface area (Å²) >= 11 is 0. The minimum absolute atomic E-state index is 0.108. The number of hydrogen-bond donors (Lipinski definition) is 3. The van der Waals surface area contributed by atoms with E-state index in [0.29, 0.717) is 6.42 Å². The monoisotopic (exact) mass is 631 g/mol. The second-order valence-electron chi connectivity index (χ2n) is 13.7. The molecule has 2 aliphatic rings. The average molecular weight is 632 g/mol. The number of aliphatic hydroxyl groups excluding tert-OH is 2. The number of carbonyl (C=O) groups excluding carboxylic acids is 3. The van der Waals surface area contributed by atoms with E-state index >= 15 is 0 Å². The molecule has 44 heavy (non-hydrogen) atoms. The molecule has 12 nitrogen and oxygen atoms in total. The van der Waals surface area contributed by atoms with Gasteiger partial charge in [-0.3, -0.25) is 14.4 Å². The number of likely N-dealkylation sites (N-methyl/N-ethyl adjacent to an activating group) is 1. The predicted molar refractivity (Wildman–Crippen MR) is 161 cm³/mol. The lowest BCUT2D eigenvalue weighted by Gasteiger charge is -2.48. The van der Waals surface area contributed by atoms with Gasteiger partial charge in [-0.15, -0.1) is 0 Å². The van der Waals surface area contributed by atoms with E-state index in [-0.39, 0.29) is 30.8 Å². The molecule has 256 valence electrons. The highest BCUT2D eigenvalue weighted by Crippen LogP contribution is 2.39. The Kier molecular flexibility index (Phi) is 13.4. The molecule has 0 spiro atoms. The summed E-state index contributed by atoms with van der Waals surface area (Å²) in [6, 6.07) is -0.240. The third-order valence-electron chi connectivity index (χ3n) is 9.80. The molecule has 14 atom stereocenters. The molecule has 0 aromatic carbocycles. The molecule has 3 N–H and O–H groups in total. The molecule has 0 aliphatic carbocycles. The molecule has 2 heterocycles. The van der Waals surface area contributed by atoms with E-state index in [2.05, 4.69) is 0 Å². The largest absolute Gasteiger partial charge is 0.459 e. The zero-order valence-corrected chi connectivity index (χ0v) is 28.6. The number of hydrogen-bond acceptors (Lipinski definition) is 12. The molecule has 2 aliphatic heterocycles. The van der Waals surface area contributed by atoms with Crippen molar-refractivity contribution in [3.63, 3.8) is 0 Å². The van der Waals surface area contributed by atoms with Crippen LogP contribution in [0.15, 0.2) is 0 Å². The lowest BCUT2D eigenvalue weighted by Crippen LogP contribution is -2.61. The molecular formula is C32H57NO11. The van der Waals surface area contributed by atoms with Gasteiger partial charge in [-0.25, -0.2) is 0 Å². The minimum atomic E-state index is -1.93. The van der Waals surface area contributed by atoms with Crippen molar-refractivity contribution >= 4 is 17.7 Å². The lowest BCUT2D eigenvalue weighted by atomic mass is 9.74. The highest BCUT2D eigenvalue weighted by atomic mass is 16.7. The first-order valence-electron chi connectivity index (χ1n) is 15.8. The van der Waals surface area contributed by atoms with Crippen LogP contribution in [0.4, 0.5) is 0 Å². The second-order valence-corrected chi connectivity index (χ2v) is 13.7. The molecule has 0 saturated carbocycles. The van der Waals surface area contributed by atoms with Gasteiger partial charge >= 0.3 is 11.9 Å². The fourth-order valence-corrected chi connectivity index (χ4v) is 6.89. The van der Waals surface area contributed by atoms with Gasteiger partial charge in [0.2, 0.25) is 0 Å². The summed E-state index contributed by atoms with van der Waals surface area (Å²) < 4.78 is 30.3. The Labute approximate surface area is 262 Å². The van der Waals surface area contributed by atoms with E-state index in [4.69, 9.17) is 23.7 Å². The Balaban J connectivity index is 2.67. The molecule has 2 saturated heterocycles. The van der Waals surface area contributed by atoms with Crippen LogP contribution in [0, 0.1) is 23.7 Å². The molecule has 0 unspecified atom stereocenters. The molecule has 0 radical (unpaired) electrons. The maximum absolute atomic E-state index is 13.7. The molecule has 2 rings (SSSR count). The van der Waals surface area contributed by atoms with Gasteiger partial charge in [-0.05, 0) is 61.1 Å². The van der Waals surface area contributed by atoms with Crippen molar-refractivity contribution in [2.45, 2.75) is 142 Å². The Hall–Kier alpha value is -1.67. The third kappa shape index (κ3) is 8.37. The van der Waals surface area contributed by atoms with Crippen molar-refractivity contribution < 1.29 is 53.4 Å². The number of aliphatic hydroxyl groups is 3. The first-order valence-corrected chi connectivity index (χ1v) is 15.8. The number of rotatable bonds is 6. The third-order valence-corrected chi connectivity index (χ3v) is 9.80. The van der Waals surface area contributed by atoms with Crippen molar-refractivity contribution in [1.29, 1.82) is 0 Å². The van der Waals surface area contributed by atoms with Crippen LogP contribution in [0.3, 0.4) is 0 Å². The van der Waals surface area contributed by atoms with Gasteiger partial charge in [-0.2, -0.15) is 0 Å². The quantitative estimate of drug-likeness (QED) is 0.367. The van der Waals surface area contributed by atoms with E-state index in [9.17, 15) is 29.7 Å². The summed E-state index contributed by atoms with van der Waals surface area (Å²) in [7, 11) is 5.22. The summed E-state index contributed by atoms with van der Waals surface area (Å²) in [4.78, 5) is 41.2. The molecule has 0 aromatic heterocycles. The van der Waals surface area contributed by atoms with Crippen LogP contribution in [0.2, 0.25) is 0 Å². The van der Waals surface area contributed by atoms with E-state index < -0.39 is 83.6 Å². The number of carbonyl (C=O) groups is 3. The van der Waals surface area contributed by atoms with E-state index in [0.717, 1.165) is 0 Å². The molecule has 2 fully saturated rings. The molecule has 0 amide bonds. The first-order chi connectivity index (χ1) is 20.2. The zero-order chi connectivity index (χ0) is 33.9. The van der Waals surface area contributed by atoms with Crippen LogP contribution in [-0.4, -0.2) is 119 Å². The fraction of sp³-hybridized carbons (Fsp3) is 0.906. The summed E-state index contributed by atoms with van der Waals surface area (Å²) in [5.41, 5.74) is -3.17. The number of ketones is 1. The summed E-state index contributed by atoms with van der Waals surface area (Å²) in [6.45, 7) is 14.5. The molecule has 12 heteroatoms. The second kappa shape index (κ2) is 15.3. The van der Waals surface area contributed by atoms with Gasteiger partial charge < -0.3 is 43.9 Å². The Morgan fingerprint density at radius 2 is 1.66 bits per heavy atom. The van der Waals surface area contributed by atoms with Crippen molar-refractivity contribution in [2.75, 3.05) is 21.2 Å². The molecular weight excluding hydrogens is 574 g/mol. The highest BCUT2D eigenvalue weighted by Gasteiger charge is 2.52. The number of esters is 2. The highest BCUT2D eigenvalue weighted by molar-refractivity contribution is 5.83. The smallest absolute Gasteiger partial charge is 0.311 e. The van der Waals surface area contributed by atoms with E-state index in [1.54, 1.807) is 27.7 Å². The normalized spacial score (nSPS) is 45.0. The molecule has 0 bridgehead atoms. The van der Waals surface area contributed by atoms with Crippen LogP contribution in [-0.2, 0) is 38.1 Å². The summed E-state index contributed by atoms with van der Waals surface area (Å²) in [6.07, 6.45) is -6.26. The Morgan fingerprint density at radius 3 is 2.16 bits per heavy atom. The topological polar surface area (TPSA) is 161 Å². The van der Waals surface area contributed by atoms with Crippen LogP contribution in [0.5, 0.6) is 0 Å². The number of nitrogens with zero attached hydrogens (tertiary/aromatic N) is 1. The van der Waals surface area contributed by atoms with Gasteiger partial charge in [0.25, 0.3) is 0 Å². The summed E-state index contributed by atoms with van der Waals surface area (Å²) in [5, 5.41) is 34.1. The van der Waals surface area contributed by atoms with Gasteiger partial charge in [-0.1, -0.05) is 27.7 Å². The van der Waals surface area contributed by atoms with Crippen LogP contribution in [0.1, 0.15) is 81.6 Å². The van der Waals surface area contributed by atoms with Crippen molar-refractivity contribution in [2.24, 2.45) is 23.7 Å². The summed E-state index contributed by atoms with van der Waals surface area (Å²) in [5.74, 6) is -5.15. The van der Waals surface area contributed by atoms with E-state index in [1.165, 1.54) is 34.8 Å².